The summed E-state index contributed by atoms with van der Waals surface area (Å²) in [6.45, 7) is 0. The molecule has 9 heteroatoms. The molecule has 0 aliphatic carbocycles. The predicted octanol–water partition coefficient (Wildman–Crippen LogP) is 2.59. The summed E-state index contributed by atoms with van der Waals surface area (Å²) >= 11 is 5.98. The zero-order chi connectivity index (χ0) is 17.2. The summed E-state index contributed by atoms with van der Waals surface area (Å²) in [7, 11) is -3.90. The van der Waals surface area contributed by atoms with Crippen LogP contribution in [0.4, 0.5) is 5.69 Å². The van der Waals surface area contributed by atoms with Crippen molar-refractivity contribution < 1.29 is 8.42 Å². The van der Waals surface area contributed by atoms with Crippen LogP contribution >= 0.6 is 11.6 Å². The lowest BCUT2D eigenvalue weighted by Gasteiger charge is -2.13. The largest absolute Gasteiger partial charge is 0.277 e. The maximum absolute atomic E-state index is 12.6. The Hall–Kier alpha value is -2.89. The number of rotatable bonds is 4. The Morgan fingerprint density at radius 1 is 1.21 bits per heavy atom. The van der Waals surface area contributed by atoms with Crippen molar-refractivity contribution in [3.8, 4) is 11.8 Å². The molecule has 0 saturated carbocycles. The molecule has 0 bridgehead atoms. The van der Waals surface area contributed by atoms with E-state index in [1.165, 1.54) is 47.7 Å². The third-order valence-corrected chi connectivity index (χ3v) is 4.74. The average molecular weight is 360 g/mol. The molecular weight excluding hydrogens is 350 g/mol. The number of anilines is 1. The summed E-state index contributed by atoms with van der Waals surface area (Å²) in [4.78, 5) is 3.82. The second kappa shape index (κ2) is 6.31. The van der Waals surface area contributed by atoms with Gasteiger partial charge in [0.1, 0.15) is 12.7 Å². The van der Waals surface area contributed by atoms with E-state index in [4.69, 9.17) is 16.9 Å². The predicted molar refractivity (Wildman–Crippen MR) is 88.3 cm³/mol. The minimum absolute atomic E-state index is 0.0222. The molecule has 0 aliphatic rings. The minimum atomic E-state index is -3.90. The average Bonchev–Trinajstić information content (AvgIpc) is 3.09. The molecule has 1 N–H and O–H groups in total. The third kappa shape index (κ3) is 3.22. The van der Waals surface area contributed by atoms with E-state index in [0.717, 1.165) is 0 Å². The van der Waals surface area contributed by atoms with Gasteiger partial charge in [0.2, 0.25) is 0 Å². The third-order valence-electron chi connectivity index (χ3n) is 3.14. The van der Waals surface area contributed by atoms with Crippen LogP contribution in [0, 0.1) is 11.3 Å². The number of sulfonamides is 1. The van der Waals surface area contributed by atoms with Gasteiger partial charge >= 0.3 is 0 Å². The molecule has 7 nitrogen and oxygen atoms in total. The Bertz CT molecular complexity index is 1030. The highest BCUT2D eigenvalue weighted by atomic mass is 35.5. The number of nitrogens with zero attached hydrogens (tertiary/aromatic N) is 4. The fourth-order valence-electron chi connectivity index (χ4n) is 2.06. The van der Waals surface area contributed by atoms with Gasteiger partial charge in [-0.25, -0.2) is 18.1 Å². The second-order valence-electron chi connectivity index (χ2n) is 4.75. The van der Waals surface area contributed by atoms with E-state index in [0.29, 0.717) is 10.7 Å². The van der Waals surface area contributed by atoms with E-state index in [1.54, 1.807) is 12.1 Å². The Balaban J connectivity index is 2.04. The van der Waals surface area contributed by atoms with E-state index in [1.807, 2.05) is 6.07 Å². The van der Waals surface area contributed by atoms with Gasteiger partial charge in [0, 0.05) is 5.02 Å². The van der Waals surface area contributed by atoms with Crippen molar-refractivity contribution in [3.63, 3.8) is 0 Å². The van der Waals surface area contributed by atoms with Crippen LogP contribution in [-0.2, 0) is 10.0 Å². The highest BCUT2D eigenvalue weighted by Gasteiger charge is 2.18. The molecule has 0 aliphatic heterocycles. The smallest absolute Gasteiger partial charge is 0.262 e. The number of nitriles is 1. The van der Waals surface area contributed by atoms with Gasteiger partial charge in [-0.15, -0.1) is 0 Å². The standard InChI is InChI=1S/C15H10ClN5O2S/c16-12-4-5-15(21-10-18-9-19-21)14(7-12)20-24(22,23)13-3-1-2-11(6-13)8-17/h1-7,9-10,20H. The normalized spacial score (nSPS) is 11.0. The van der Waals surface area contributed by atoms with Gasteiger partial charge in [-0.1, -0.05) is 17.7 Å². The van der Waals surface area contributed by atoms with Gasteiger partial charge < -0.3 is 0 Å². The zero-order valence-corrected chi connectivity index (χ0v) is 13.7. The number of hydrogen-bond acceptors (Lipinski definition) is 5. The molecule has 0 spiro atoms. The molecule has 1 aromatic heterocycles. The van der Waals surface area contributed by atoms with Crippen molar-refractivity contribution in [3.05, 3.63) is 65.7 Å². The molecule has 0 amide bonds. The maximum atomic E-state index is 12.6. The van der Waals surface area contributed by atoms with Gasteiger partial charge in [0.25, 0.3) is 10.0 Å². The molecule has 3 rings (SSSR count). The van der Waals surface area contributed by atoms with E-state index in [2.05, 4.69) is 14.8 Å². The van der Waals surface area contributed by atoms with Crippen LogP contribution in [0.2, 0.25) is 5.02 Å². The monoisotopic (exact) mass is 359 g/mol. The van der Waals surface area contributed by atoms with Crippen molar-refractivity contribution in [1.82, 2.24) is 14.8 Å². The summed E-state index contributed by atoms with van der Waals surface area (Å²) in [6.07, 6.45) is 2.78. The van der Waals surface area contributed by atoms with Crippen LogP contribution in [0.3, 0.4) is 0 Å². The molecule has 0 unspecified atom stereocenters. The lowest BCUT2D eigenvalue weighted by atomic mass is 10.2. The summed E-state index contributed by atoms with van der Waals surface area (Å²) in [6, 6.07) is 12.4. The first-order chi connectivity index (χ1) is 11.5. The molecule has 24 heavy (non-hydrogen) atoms. The SMILES string of the molecule is N#Cc1cccc(S(=O)(=O)Nc2cc(Cl)ccc2-n2cncn2)c1. The highest BCUT2D eigenvalue weighted by Crippen LogP contribution is 2.26. The molecule has 0 saturated heterocycles. The Morgan fingerprint density at radius 2 is 2.04 bits per heavy atom. The van der Waals surface area contributed by atoms with Crippen molar-refractivity contribution in [2.45, 2.75) is 4.90 Å². The van der Waals surface area contributed by atoms with E-state index in [-0.39, 0.29) is 16.1 Å². The first-order valence-electron chi connectivity index (χ1n) is 6.67. The lowest BCUT2D eigenvalue weighted by Crippen LogP contribution is -2.15. The van der Waals surface area contributed by atoms with Crippen LogP contribution in [-0.4, -0.2) is 23.2 Å². The molecular formula is C15H10ClN5O2S. The number of hydrogen-bond donors (Lipinski definition) is 1. The van der Waals surface area contributed by atoms with Crippen molar-refractivity contribution in [1.29, 1.82) is 5.26 Å². The topological polar surface area (TPSA) is 101 Å². The highest BCUT2D eigenvalue weighted by molar-refractivity contribution is 7.92. The van der Waals surface area contributed by atoms with Crippen LogP contribution in [0.15, 0.2) is 60.0 Å². The quantitative estimate of drug-likeness (QED) is 0.771. The van der Waals surface area contributed by atoms with E-state index in [9.17, 15) is 8.42 Å². The minimum Gasteiger partial charge on any atom is -0.277 e. The van der Waals surface area contributed by atoms with E-state index < -0.39 is 10.0 Å². The van der Waals surface area contributed by atoms with Crippen LogP contribution in [0.1, 0.15) is 5.56 Å². The molecule has 1 heterocycles. The fourth-order valence-corrected chi connectivity index (χ4v) is 3.34. The lowest BCUT2D eigenvalue weighted by molar-refractivity contribution is 0.601. The number of aromatic nitrogens is 3. The first kappa shape index (κ1) is 16.0. The molecule has 0 radical (unpaired) electrons. The Kier molecular flexibility index (Phi) is 4.20. The summed E-state index contributed by atoms with van der Waals surface area (Å²) in [5.74, 6) is 0. The van der Waals surface area contributed by atoms with Crippen LogP contribution in [0.5, 0.6) is 0 Å². The summed E-state index contributed by atoms with van der Waals surface area (Å²) in [5, 5.41) is 13.3. The molecule has 2 aromatic carbocycles. The van der Waals surface area contributed by atoms with Crippen molar-refractivity contribution in [2.75, 3.05) is 4.72 Å². The number of nitrogens with one attached hydrogen (secondary N) is 1. The van der Waals surface area contributed by atoms with Crippen molar-refractivity contribution >= 4 is 27.3 Å². The van der Waals surface area contributed by atoms with Gasteiger partial charge in [0.05, 0.1) is 27.9 Å². The number of benzene rings is 2. The second-order valence-corrected chi connectivity index (χ2v) is 6.87. The first-order valence-corrected chi connectivity index (χ1v) is 8.53. The maximum Gasteiger partial charge on any atom is 0.262 e. The summed E-state index contributed by atoms with van der Waals surface area (Å²) in [5.41, 5.74) is 0.966. The van der Waals surface area contributed by atoms with Gasteiger partial charge in [-0.2, -0.15) is 10.4 Å². The number of halogens is 1. The van der Waals surface area contributed by atoms with Crippen LogP contribution < -0.4 is 4.72 Å². The molecule has 3 aromatic rings. The molecule has 0 atom stereocenters. The molecule has 120 valence electrons. The van der Waals surface area contributed by atoms with E-state index >= 15 is 0 Å². The summed E-state index contributed by atoms with van der Waals surface area (Å²) < 4.78 is 29.1. The fraction of sp³-hybridized carbons (Fsp3) is 0. The van der Waals surface area contributed by atoms with Gasteiger partial charge in [-0.3, -0.25) is 4.72 Å². The zero-order valence-electron chi connectivity index (χ0n) is 12.1. The van der Waals surface area contributed by atoms with Gasteiger partial charge in [0.15, 0.2) is 0 Å². The van der Waals surface area contributed by atoms with Gasteiger partial charge in [-0.05, 0) is 36.4 Å². The Morgan fingerprint density at radius 3 is 2.75 bits per heavy atom. The molecule has 0 fully saturated rings. The van der Waals surface area contributed by atoms with Crippen molar-refractivity contribution in [2.24, 2.45) is 0 Å². The Labute approximate surface area is 143 Å². The van der Waals surface area contributed by atoms with Crippen LogP contribution in [0.25, 0.3) is 5.69 Å².